The van der Waals surface area contributed by atoms with Gasteiger partial charge in [-0.2, -0.15) is 0 Å². The smallest absolute Gasteiger partial charge is 0.412 e. The van der Waals surface area contributed by atoms with Gasteiger partial charge in [-0.25, -0.2) is 4.79 Å². The maximum absolute atomic E-state index is 11.7. The van der Waals surface area contributed by atoms with Crippen LogP contribution >= 0.6 is 0 Å². The van der Waals surface area contributed by atoms with Crippen molar-refractivity contribution in [2.75, 3.05) is 41.4 Å². The van der Waals surface area contributed by atoms with Crippen molar-refractivity contribution in [3.05, 3.63) is 18.2 Å². The number of hydrogen-bond acceptors (Lipinski definition) is 5. The van der Waals surface area contributed by atoms with Crippen molar-refractivity contribution in [2.45, 2.75) is 0 Å². The Morgan fingerprint density at radius 3 is 2.26 bits per heavy atom. The number of para-hydroxylation sites is 1. The number of nitrogens with one attached hydrogen (secondary N) is 1. The van der Waals surface area contributed by atoms with E-state index in [1.807, 2.05) is 19.0 Å². The number of benzene rings is 1. The summed E-state index contributed by atoms with van der Waals surface area (Å²) in [6.07, 6.45) is -0.537. The number of amides is 1. The first-order valence-electron chi connectivity index (χ1n) is 5.90. The van der Waals surface area contributed by atoms with Crippen LogP contribution in [0.3, 0.4) is 0 Å². The summed E-state index contributed by atoms with van der Waals surface area (Å²) in [5, 5.41) is 2.65. The van der Waals surface area contributed by atoms with Gasteiger partial charge in [0.25, 0.3) is 0 Å². The van der Waals surface area contributed by atoms with Crippen molar-refractivity contribution in [3.8, 4) is 17.2 Å². The molecule has 1 aromatic carbocycles. The zero-order valence-corrected chi connectivity index (χ0v) is 11.7. The first-order valence-corrected chi connectivity index (χ1v) is 5.90. The third-order valence-electron chi connectivity index (χ3n) is 2.41. The van der Waals surface area contributed by atoms with Gasteiger partial charge in [-0.15, -0.1) is 0 Å². The lowest BCUT2D eigenvalue weighted by molar-refractivity contribution is 0.195. The molecule has 1 rings (SSSR count). The molecule has 6 nitrogen and oxygen atoms in total. The van der Waals surface area contributed by atoms with E-state index in [1.165, 1.54) is 14.2 Å². The van der Waals surface area contributed by atoms with Crippen molar-refractivity contribution < 1.29 is 19.0 Å². The summed E-state index contributed by atoms with van der Waals surface area (Å²) in [5.74, 6) is 1.17. The number of carbonyl (C=O) groups excluding carboxylic acids is 1. The Balaban J connectivity index is 2.67. The number of ether oxygens (including phenoxy) is 3. The maximum Gasteiger partial charge on any atom is 0.412 e. The lowest BCUT2D eigenvalue weighted by Gasteiger charge is -2.14. The van der Waals surface area contributed by atoms with Crippen LogP contribution in [0.15, 0.2) is 18.2 Å². The fourth-order valence-corrected chi connectivity index (χ4v) is 1.43. The predicted molar refractivity (Wildman–Crippen MR) is 72.1 cm³/mol. The fraction of sp³-hybridized carbons (Fsp3) is 0.462. The molecule has 0 radical (unpaired) electrons. The molecule has 0 unspecified atom stereocenters. The van der Waals surface area contributed by atoms with Gasteiger partial charge < -0.3 is 24.4 Å². The van der Waals surface area contributed by atoms with Gasteiger partial charge in [0.15, 0.2) is 11.5 Å². The van der Waals surface area contributed by atoms with E-state index in [0.29, 0.717) is 18.0 Å². The molecule has 0 aliphatic heterocycles. The molecule has 0 spiro atoms. The molecular weight excluding hydrogens is 248 g/mol. The zero-order chi connectivity index (χ0) is 14.3. The molecule has 1 N–H and O–H groups in total. The van der Waals surface area contributed by atoms with Gasteiger partial charge >= 0.3 is 6.09 Å². The average molecular weight is 268 g/mol. The fourth-order valence-electron chi connectivity index (χ4n) is 1.43. The maximum atomic E-state index is 11.7. The van der Waals surface area contributed by atoms with Gasteiger partial charge in [0.2, 0.25) is 5.75 Å². The molecule has 0 aliphatic rings. The Hall–Kier alpha value is -1.95. The van der Waals surface area contributed by atoms with Gasteiger partial charge in [0.05, 0.1) is 14.2 Å². The highest BCUT2D eigenvalue weighted by Gasteiger charge is 2.15. The molecule has 19 heavy (non-hydrogen) atoms. The van der Waals surface area contributed by atoms with Crippen LogP contribution in [-0.4, -0.2) is 52.4 Å². The van der Waals surface area contributed by atoms with Crippen LogP contribution in [0.5, 0.6) is 17.2 Å². The SMILES string of the molecule is COc1cccc(OC)c1OC(=O)NCCN(C)C. The number of rotatable bonds is 6. The first-order chi connectivity index (χ1) is 9.08. The summed E-state index contributed by atoms with van der Waals surface area (Å²) in [7, 11) is 6.86. The second-order valence-corrected chi connectivity index (χ2v) is 4.11. The third-order valence-corrected chi connectivity index (χ3v) is 2.41. The molecule has 1 aromatic rings. The summed E-state index contributed by atoms with van der Waals surface area (Å²) in [6, 6.07) is 5.16. The summed E-state index contributed by atoms with van der Waals surface area (Å²) in [6.45, 7) is 1.24. The number of carbonyl (C=O) groups is 1. The van der Waals surface area contributed by atoms with E-state index in [0.717, 1.165) is 6.54 Å². The quantitative estimate of drug-likeness (QED) is 0.844. The Labute approximate surface area is 113 Å². The summed E-state index contributed by atoms with van der Waals surface area (Å²) < 4.78 is 15.5. The molecule has 0 heterocycles. The van der Waals surface area contributed by atoms with Crippen LogP contribution < -0.4 is 19.5 Å². The van der Waals surface area contributed by atoms with Crippen LogP contribution in [0.25, 0.3) is 0 Å². The molecule has 0 fully saturated rings. The molecule has 6 heteroatoms. The van der Waals surface area contributed by atoms with Gasteiger partial charge in [-0.05, 0) is 26.2 Å². The van der Waals surface area contributed by atoms with Crippen LogP contribution in [-0.2, 0) is 0 Å². The summed E-state index contributed by atoms with van der Waals surface area (Å²) in [4.78, 5) is 13.6. The molecule has 0 aromatic heterocycles. The largest absolute Gasteiger partial charge is 0.493 e. The van der Waals surface area contributed by atoms with Gasteiger partial charge in [-0.1, -0.05) is 6.07 Å². The molecule has 106 valence electrons. The van der Waals surface area contributed by atoms with E-state index in [-0.39, 0.29) is 5.75 Å². The first kappa shape index (κ1) is 15.1. The van der Waals surface area contributed by atoms with E-state index < -0.39 is 6.09 Å². The second kappa shape index (κ2) is 7.48. The van der Waals surface area contributed by atoms with Crippen molar-refractivity contribution in [3.63, 3.8) is 0 Å². The van der Waals surface area contributed by atoms with E-state index in [1.54, 1.807) is 18.2 Å². The van der Waals surface area contributed by atoms with Crippen molar-refractivity contribution >= 4 is 6.09 Å². The highest BCUT2D eigenvalue weighted by Crippen LogP contribution is 2.36. The number of methoxy groups -OCH3 is 2. The second-order valence-electron chi connectivity index (χ2n) is 4.11. The van der Waals surface area contributed by atoms with E-state index >= 15 is 0 Å². The Bertz CT molecular complexity index is 399. The standard InChI is InChI=1S/C13H20N2O4/c1-15(2)9-8-14-13(16)19-12-10(17-3)6-5-7-11(12)18-4/h5-7H,8-9H2,1-4H3,(H,14,16). The summed E-state index contributed by atoms with van der Waals surface area (Å²) in [5.41, 5.74) is 0. The highest BCUT2D eigenvalue weighted by atomic mass is 16.6. The van der Waals surface area contributed by atoms with E-state index in [9.17, 15) is 4.79 Å². The zero-order valence-electron chi connectivity index (χ0n) is 11.7. The van der Waals surface area contributed by atoms with Crippen LogP contribution in [0.2, 0.25) is 0 Å². The molecule has 1 amide bonds. The van der Waals surface area contributed by atoms with Crippen LogP contribution in [0, 0.1) is 0 Å². The van der Waals surface area contributed by atoms with E-state index in [4.69, 9.17) is 14.2 Å². The minimum absolute atomic E-state index is 0.273. The molecule has 0 saturated carbocycles. The van der Waals surface area contributed by atoms with Crippen LogP contribution in [0.4, 0.5) is 4.79 Å². The van der Waals surface area contributed by atoms with Gasteiger partial charge in [0, 0.05) is 13.1 Å². The van der Waals surface area contributed by atoms with Gasteiger partial charge in [0.1, 0.15) is 0 Å². The predicted octanol–water partition coefficient (Wildman–Crippen LogP) is 1.35. The number of nitrogens with zero attached hydrogens (tertiary/aromatic N) is 1. The molecule has 0 aliphatic carbocycles. The molecule has 0 bridgehead atoms. The lowest BCUT2D eigenvalue weighted by Crippen LogP contribution is -2.33. The minimum atomic E-state index is -0.537. The minimum Gasteiger partial charge on any atom is -0.493 e. The lowest BCUT2D eigenvalue weighted by atomic mass is 10.3. The van der Waals surface area contributed by atoms with Gasteiger partial charge in [-0.3, -0.25) is 0 Å². The van der Waals surface area contributed by atoms with Crippen molar-refractivity contribution in [1.82, 2.24) is 10.2 Å². The normalized spacial score (nSPS) is 10.2. The Kier molecular flexibility index (Phi) is 5.95. The summed E-state index contributed by atoms with van der Waals surface area (Å²) >= 11 is 0. The monoisotopic (exact) mass is 268 g/mol. The molecular formula is C13H20N2O4. The molecule has 0 atom stereocenters. The topological polar surface area (TPSA) is 60.0 Å². The van der Waals surface area contributed by atoms with E-state index in [2.05, 4.69) is 5.32 Å². The highest BCUT2D eigenvalue weighted by molar-refractivity contribution is 5.72. The average Bonchev–Trinajstić information content (AvgIpc) is 2.38. The van der Waals surface area contributed by atoms with Crippen molar-refractivity contribution in [1.29, 1.82) is 0 Å². The van der Waals surface area contributed by atoms with Crippen molar-refractivity contribution in [2.24, 2.45) is 0 Å². The number of likely N-dealkylation sites (N-methyl/N-ethyl adjacent to an activating group) is 1. The number of hydrogen-bond donors (Lipinski definition) is 1. The molecule has 0 saturated heterocycles. The third kappa shape index (κ3) is 4.67. The Morgan fingerprint density at radius 1 is 1.21 bits per heavy atom. The Morgan fingerprint density at radius 2 is 1.79 bits per heavy atom. The van der Waals surface area contributed by atoms with Crippen LogP contribution in [0.1, 0.15) is 0 Å².